The first kappa shape index (κ1) is 21.1. The summed E-state index contributed by atoms with van der Waals surface area (Å²) in [4.78, 5) is 0. The summed E-state index contributed by atoms with van der Waals surface area (Å²) in [5, 5.41) is 20.9. The lowest BCUT2D eigenvalue weighted by molar-refractivity contribution is -0.315. The van der Waals surface area contributed by atoms with Gasteiger partial charge in [0, 0.05) is 24.1 Å². The number of hydrogen-bond acceptors (Lipinski definition) is 5. The number of halogens is 1. The molecule has 28 heavy (non-hydrogen) atoms. The molecule has 0 bridgehead atoms. The summed E-state index contributed by atoms with van der Waals surface area (Å²) >= 11 is 6.44. The predicted molar refractivity (Wildman–Crippen MR) is 108 cm³/mol. The minimum Gasteiger partial charge on any atom is -0.494 e. The van der Waals surface area contributed by atoms with Gasteiger partial charge in [-0.05, 0) is 55.7 Å². The van der Waals surface area contributed by atoms with E-state index in [1.54, 1.807) is 6.92 Å². The molecule has 0 saturated carbocycles. The van der Waals surface area contributed by atoms with Gasteiger partial charge in [0.1, 0.15) is 11.9 Å². The lowest BCUT2D eigenvalue weighted by atomic mass is 9.89. The van der Waals surface area contributed by atoms with Gasteiger partial charge in [0.25, 0.3) is 0 Å². The van der Waals surface area contributed by atoms with Crippen LogP contribution in [-0.4, -0.2) is 42.2 Å². The summed E-state index contributed by atoms with van der Waals surface area (Å²) in [6, 6.07) is 13.5. The Morgan fingerprint density at radius 1 is 1.18 bits per heavy atom. The largest absolute Gasteiger partial charge is 0.494 e. The second-order valence-corrected chi connectivity index (χ2v) is 7.51. The smallest absolute Gasteiger partial charge is 0.197 e. The molecule has 5 nitrogen and oxygen atoms in total. The number of rotatable bonds is 6. The van der Waals surface area contributed by atoms with E-state index in [9.17, 15) is 10.2 Å². The van der Waals surface area contributed by atoms with E-state index in [0.29, 0.717) is 18.1 Å². The maximum Gasteiger partial charge on any atom is 0.197 e. The van der Waals surface area contributed by atoms with Crippen LogP contribution in [0, 0.1) is 0 Å². The van der Waals surface area contributed by atoms with Crippen molar-refractivity contribution in [2.75, 3.05) is 13.7 Å². The Morgan fingerprint density at radius 3 is 2.50 bits per heavy atom. The normalized spacial score (nSPS) is 27.6. The Balaban J connectivity index is 1.88. The monoisotopic (exact) mass is 406 g/mol. The Labute approximate surface area is 170 Å². The number of methoxy groups -OCH3 is 1. The van der Waals surface area contributed by atoms with Crippen LogP contribution in [0.2, 0.25) is 5.02 Å². The fraction of sp³-hybridized carbons (Fsp3) is 0.455. The standard InChI is InChI=1S/C22H27ClO5/c1-4-27-18-8-5-15(6-9-18)11-16-12-17(7-10-19(16)23)22(26-3)13-20(24)21(25)14(2)28-22/h5-10,12,14,20-21,24-25H,4,11,13H2,1-3H3/t14-,20-,21-,22-/m1/s1. The van der Waals surface area contributed by atoms with Crippen LogP contribution in [0.15, 0.2) is 42.5 Å². The van der Waals surface area contributed by atoms with Gasteiger partial charge in [-0.25, -0.2) is 0 Å². The number of hydrogen-bond donors (Lipinski definition) is 2. The zero-order valence-electron chi connectivity index (χ0n) is 16.4. The van der Waals surface area contributed by atoms with Crippen molar-refractivity contribution < 1.29 is 24.4 Å². The van der Waals surface area contributed by atoms with Gasteiger partial charge in [-0.15, -0.1) is 0 Å². The highest BCUT2D eigenvalue weighted by Crippen LogP contribution is 2.40. The Bertz CT molecular complexity index is 780. The fourth-order valence-electron chi connectivity index (χ4n) is 3.60. The zero-order valence-corrected chi connectivity index (χ0v) is 17.1. The molecule has 3 rings (SSSR count). The van der Waals surface area contributed by atoms with Crippen molar-refractivity contribution in [3.05, 3.63) is 64.2 Å². The molecular formula is C22H27ClO5. The van der Waals surface area contributed by atoms with Crippen LogP contribution in [0.3, 0.4) is 0 Å². The lowest BCUT2D eigenvalue weighted by Gasteiger charge is -2.44. The zero-order chi connectivity index (χ0) is 20.3. The fourth-order valence-corrected chi connectivity index (χ4v) is 3.78. The first-order chi connectivity index (χ1) is 13.4. The summed E-state index contributed by atoms with van der Waals surface area (Å²) in [5.41, 5.74) is 2.79. The van der Waals surface area contributed by atoms with Crippen LogP contribution in [-0.2, 0) is 21.7 Å². The van der Waals surface area contributed by atoms with E-state index in [2.05, 4.69) is 0 Å². The third kappa shape index (κ3) is 4.34. The average molecular weight is 407 g/mol. The molecule has 0 spiro atoms. The highest BCUT2D eigenvalue weighted by Gasteiger charge is 2.46. The highest BCUT2D eigenvalue weighted by atomic mass is 35.5. The van der Waals surface area contributed by atoms with Crippen LogP contribution in [0.1, 0.15) is 37.0 Å². The quantitative estimate of drug-likeness (QED) is 0.766. The molecule has 1 aliphatic rings. The van der Waals surface area contributed by atoms with Crippen molar-refractivity contribution in [3.63, 3.8) is 0 Å². The molecule has 1 aliphatic heterocycles. The van der Waals surface area contributed by atoms with Crippen LogP contribution in [0.4, 0.5) is 0 Å². The van der Waals surface area contributed by atoms with Crippen LogP contribution in [0.5, 0.6) is 5.75 Å². The minimum absolute atomic E-state index is 0.138. The van der Waals surface area contributed by atoms with Gasteiger partial charge in [-0.2, -0.15) is 0 Å². The van der Waals surface area contributed by atoms with Crippen LogP contribution < -0.4 is 4.74 Å². The third-order valence-electron chi connectivity index (χ3n) is 5.17. The maximum absolute atomic E-state index is 10.3. The van der Waals surface area contributed by atoms with Gasteiger partial charge in [-0.1, -0.05) is 29.8 Å². The summed E-state index contributed by atoms with van der Waals surface area (Å²) in [5.74, 6) is -0.294. The summed E-state index contributed by atoms with van der Waals surface area (Å²) in [6.45, 7) is 4.30. The molecule has 1 heterocycles. The number of ether oxygens (including phenoxy) is 3. The summed E-state index contributed by atoms with van der Waals surface area (Å²) in [7, 11) is 1.54. The van der Waals surface area contributed by atoms with Gasteiger partial charge in [0.05, 0.1) is 18.8 Å². The van der Waals surface area contributed by atoms with E-state index in [4.69, 9.17) is 25.8 Å². The molecule has 2 aromatic rings. The molecule has 2 N–H and O–H groups in total. The Kier molecular flexibility index (Phi) is 6.63. The lowest BCUT2D eigenvalue weighted by Crippen LogP contribution is -2.52. The van der Waals surface area contributed by atoms with E-state index in [0.717, 1.165) is 22.4 Å². The molecule has 152 valence electrons. The summed E-state index contributed by atoms with van der Waals surface area (Å²) < 4.78 is 17.2. The Morgan fingerprint density at radius 2 is 1.89 bits per heavy atom. The molecule has 0 amide bonds. The second-order valence-electron chi connectivity index (χ2n) is 7.10. The molecule has 0 aliphatic carbocycles. The first-order valence-electron chi connectivity index (χ1n) is 9.48. The molecule has 2 aromatic carbocycles. The maximum atomic E-state index is 10.3. The molecule has 0 radical (unpaired) electrons. The third-order valence-corrected chi connectivity index (χ3v) is 5.54. The van der Waals surface area contributed by atoms with Crippen molar-refractivity contribution in [2.45, 2.75) is 50.8 Å². The van der Waals surface area contributed by atoms with Gasteiger partial charge in [0.15, 0.2) is 5.79 Å². The van der Waals surface area contributed by atoms with Gasteiger partial charge < -0.3 is 24.4 Å². The van der Waals surface area contributed by atoms with Gasteiger partial charge in [0.2, 0.25) is 0 Å². The van der Waals surface area contributed by atoms with Crippen molar-refractivity contribution in [1.82, 2.24) is 0 Å². The van der Waals surface area contributed by atoms with Crippen molar-refractivity contribution in [1.29, 1.82) is 0 Å². The predicted octanol–water partition coefficient (Wildman–Crippen LogP) is 3.66. The number of aliphatic hydroxyl groups is 2. The molecule has 4 atom stereocenters. The SMILES string of the molecule is CCOc1ccc(Cc2cc([C@@]3(OC)C[C@@H](O)[C@H](O)[C@@H](C)O3)ccc2Cl)cc1. The van der Waals surface area contributed by atoms with E-state index < -0.39 is 24.1 Å². The molecule has 6 heteroatoms. The van der Waals surface area contributed by atoms with Gasteiger partial charge in [-0.3, -0.25) is 0 Å². The van der Waals surface area contributed by atoms with Crippen LogP contribution in [0.25, 0.3) is 0 Å². The van der Waals surface area contributed by atoms with Crippen molar-refractivity contribution in [2.24, 2.45) is 0 Å². The number of benzene rings is 2. The second kappa shape index (κ2) is 8.80. The average Bonchev–Trinajstić information content (AvgIpc) is 2.69. The minimum atomic E-state index is -1.13. The van der Waals surface area contributed by atoms with Crippen LogP contribution >= 0.6 is 11.6 Å². The molecule has 0 unspecified atom stereocenters. The topological polar surface area (TPSA) is 68.2 Å². The van der Waals surface area contributed by atoms with Crippen molar-refractivity contribution >= 4 is 11.6 Å². The summed E-state index contributed by atoms with van der Waals surface area (Å²) in [6.07, 6.45) is -1.67. The van der Waals surface area contributed by atoms with E-state index in [1.807, 2.05) is 49.4 Å². The molecular weight excluding hydrogens is 380 g/mol. The van der Waals surface area contributed by atoms with E-state index in [1.165, 1.54) is 7.11 Å². The first-order valence-corrected chi connectivity index (χ1v) is 9.86. The number of aliphatic hydroxyl groups excluding tert-OH is 2. The molecule has 1 fully saturated rings. The molecule has 0 aromatic heterocycles. The molecule has 1 saturated heterocycles. The van der Waals surface area contributed by atoms with E-state index in [-0.39, 0.29) is 6.42 Å². The van der Waals surface area contributed by atoms with Gasteiger partial charge >= 0.3 is 0 Å². The Hall–Kier alpha value is -1.63. The highest BCUT2D eigenvalue weighted by molar-refractivity contribution is 6.31. The van der Waals surface area contributed by atoms with Crippen molar-refractivity contribution in [3.8, 4) is 5.75 Å². The van der Waals surface area contributed by atoms with E-state index >= 15 is 0 Å².